The summed E-state index contributed by atoms with van der Waals surface area (Å²) >= 11 is 0. The van der Waals surface area contributed by atoms with Crippen molar-refractivity contribution in [2.75, 3.05) is 19.0 Å². The Morgan fingerprint density at radius 1 is 1.44 bits per heavy atom. The van der Waals surface area contributed by atoms with E-state index in [4.69, 9.17) is 4.74 Å². The molecule has 4 heteroatoms. The summed E-state index contributed by atoms with van der Waals surface area (Å²) in [4.78, 5) is 8.45. The molecule has 1 aromatic heterocycles. The quantitative estimate of drug-likeness (QED) is 0.805. The van der Waals surface area contributed by atoms with Crippen LogP contribution in [0.25, 0.3) is 0 Å². The zero-order valence-electron chi connectivity index (χ0n) is 10.6. The number of nitrogens with one attached hydrogen (secondary N) is 1. The molecule has 1 aromatic rings. The summed E-state index contributed by atoms with van der Waals surface area (Å²) < 4.78 is 5.65. The molecule has 0 aliphatic carbocycles. The fourth-order valence-electron chi connectivity index (χ4n) is 1.53. The molecule has 0 radical (unpaired) electrons. The first-order chi connectivity index (χ1) is 7.65. The Bertz CT molecular complexity index is 328. The predicted molar refractivity (Wildman–Crippen MR) is 65.9 cm³/mol. The maximum Gasteiger partial charge on any atom is 0.225 e. The minimum atomic E-state index is 0.568. The van der Waals surface area contributed by atoms with Gasteiger partial charge in [0.2, 0.25) is 11.8 Å². The largest absolute Gasteiger partial charge is 0.477 e. The molecule has 0 spiro atoms. The van der Waals surface area contributed by atoms with E-state index in [0.29, 0.717) is 24.4 Å². The minimum Gasteiger partial charge on any atom is -0.477 e. The van der Waals surface area contributed by atoms with E-state index in [9.17, 15) is 0 Å². The second-order valence-corrected chi connectivity index (χ2v) is 4.13. The molecular formula is C12H21N3O. The summed E-state index contributed by atoms with van der Waals surface area (Å²) in [7, 11) is 1.80. The molecule has 0 aliphatic heterocycles. The topological polar surface area (TPSA) is 47.0 Å². The Morgan fingerprint density at radius 2 is 2.19 bits per heavy atom. The molecule has 1 unspecified atom stereocenters. The Kier molecular flexibility index (Phi) is 5.02. The van der Waals surface area contributed by atoms with Crippen molar-refractivity contribution in [3.63, 3.8) is 0 Å². The lowest BCUT2D eigenvalue weighted by molar-refractivity contribution is 0.243. The zero-order chi connectivity index (χ0) is 12.0. The van der Waals surface area contributed by atoms with Gasteiger partial charge in [0, 0.05) is 18.8 Å². The van der Waals surface area contributed by atoms with Crippen LogP contribution in [0.15, 0.2) is 6.07 Å². The van der Waals surface area contributed by atoms with Crippen molar-refractivity contribution in [3.05, 3.63) is 11.8 Å². The van der Waals surface area contributed by atoms with Gasteiger partial charge in [-0.2, -0.15) is 4.98 Å². The fourth-order valence-corrected chi connectivity index (χ4v) is 1.53. The SMILES string of the molecule is CCCC(C)COc1cc(C)nc(NC)n1. The number of rotatable bonds is 6. The molecule has 0 amide bonds. The molecule has 0 fully saturated rings. The first kappa shape index (κ1) is 12.7. The number of aromatic nitrogens is 2. The smallest absolute Gasteiger partial charge is 0.225 e. The molecule has 90 valence electrons. The minimum absolute atomic E-state index is 0.568. The number of hydrogen-bond donors (Lipinski definition) is 1. The summed E-state index contributed by atoms with van der Waals surface area (Å²) in [5, 5.41) is 2.92. The van der Waals surface area contributed by atoms with Crippen LogP contribution in [0, 0.1) is 12.8 Å². The molecule has 1 heterocycles. The van der Waals surface area contributed by atoms with Crippen LogP contribution in [0.5, 0.6) is 5.88 Å². The Balaban J connectivity index is 2.56. The van der Waals surface area contributed by atoms with Crippen LogP contribution in [-0.2, 0) is 0 Å². The lowest BCUT2D eigenvalue weighted by Gasteiger charge is -2.12. The van der Waals surface area contributed by atoms with E-state index in [1.165, 1.54) is 12.8 Å². The lowest BCUT2D eigenvalue weighted by atomic mass is 10.1. The van der Waals surface area contributed by atoms with Gasteiger partial charge in [0.25, 0.3) is 0 Å². The normalized spacial score (nSPS) is 12.2. The monoisotopic (exact) mass is 223 g/mol. The number of anilines is 1. The standard InChI is InChI=1S/C12H21N3O/c1-5-6-9(2)8-16-11-7-10(3)14-12(13-4)15-11/h7,9H,5-6,8H2,1-4H3,(H,13,14,15). The highest BCUT2D eigenvalue weighted by Crippen LogP contribution is 2.13. The van der Waals surface area contributed by atoms with Crippen LogP contribution in [0.3, 0.4) is 0 Å². The maximum atomic E-state index is 5.65. The average molecular weight is 223 g/mol. The van der Waals surface area contributed by atoms with Crippen LogP contribution in [0.4, 0.5) is 5.95 Å². The van der Waals surface area contributed by atoms with Crippen molar-refractivity contribution >= 4 is 5.95 Å². The first-order valence-electron chi connectivity index (χ1n) is 5.82. The Labute approximate surface area is 97.5 Å². The molecule has 1 rings (SSSR count). The third-order valence-corrected chi connectivity index (χ3v) is 2.35. The van der Waals surface area contributed by atoms with E-state index in [2.05, 4.69) is 29.1 Å². The molecule has 0 aromatic carbocycles. The van der Waals surface area contributed by atoms with E-state index in [1.54, 1.807) is 7.05 Å². The van der Waals surface area contributed by atoms with Gasteiger partial charge >= 0.3 is 0 Å². The van der Waals surface area contributed by atoms with Gasteiger partial charge in [0.15, 0.2) is 0 Å². The lowest BCUT2D eigenvalue weighted by Crippen LogP contribution is -2.10. The van der Waals surface area contributed by atoms with Crippen molar-refractivity contribution < 1.29 is 4.74 Å². The number of hydrogen-bond acceptors (Lipinski definition) is 4. The van der Waals surface area contributed by atoms with Crippen LogP contribution in [0.1, 0.15) is 32.4 Å². The number of nitrogens with zero attached hydrogens (tertiary/aromatic N) is 2. The van der Waals surface area contributed by atoms with Gasteiger partial charge in [-0.05, 0) is 19.3 Å². The highest BCUT2D eigenvalue weighted by Gasteiger charge is 2.05. The van der Waals surface area contributed by atoms with Crippen LogP contribution >= 0.6 is 0 Å². The fraction of sp³-hybridized carbons (Fsp3) is 0.667. The van der Waals surface area contributed by atoms with Crippen molar-refractivity contribution in [3.8, 4) is 5.88 Å². The molecule has 4 nitrogen and oxygen atoms in total. The van der Waals surface area contributed by atoms with Crippen molar-refractivity contribution in [1.82, 2.24) is 9.97 Å². The van der Waals surface area contributed by atoms with Gasteiger partial charge in [-0.15, -0.1) is 0 Å². The summed E-state index contributed by atoms with van der Waals surface area (Å²) in [6.07, 6.45) is 2.37. The van der Waals surface area contributed by atoms with E-state index >= 15 is 0 Å². The Hall–Kier alpha value is -1.32. The van der Waals surface area contributed by atoms with E-state index < -0.39 is 0 Å². The molecule has 1 atom stereocenters. The second-order valence-electron chi connectivity index (χ2n) is 4.13. The zero-order valence-corrected chi connectivity index (χ0v) is 10.6. The van der Waals surface area contributed by atoms with Gasteiger partial charge in [-0.3, -0.25) is 0 Å². The molecular weight excluding hydrogens is 202 g/mol. The van der Waals surface area contributed by atoms with Crippen molar-refractivity contribution in [2.45, 2.75) is 33.6 Å². The Morgan fingerprint density at radius 3 is 2.81 bits per heavy atom. The van der Waals surface area contributed by atoms with Gasteiger partial charge < -0.3 is 10.1 Å². The van der Waals surface area contributed by atoms with Crippen molar-refractivity contribution in [2.24, 2.45) is 5.92 Å². The molecule has 0 bridgehead atoms. The van der Waals surface area contributed by atoms with E-state index in [-0.39, 0.29) is 0 Å². The maximum absolute atomic E-state index is 5.65. The molecule has 1 N–H and O–H groups in total. The average Bonchev–Trinajstić information content (AvgIpc) is 2.26. The van der Waals surface area contributed by atoms with Gasteiger partial charge in [0.1, 0.15) is 0 Å². The molecule has 0 saturated heterocycles. The number of aryl methyl sites for hydroxylation is 1. The highest BCUT2D eigenvalue weighted by atomic mass is 16.5. The summed E-state index contributed by atoms with van der Waals surface area (Å²) in [5.41, 5.74) is 0.914. The van der Waals surface area contributed by atoms with Crippen LogP contribution < -0.4 is 10.1 Å². The molecule has 0 saturated carbocycles. The number of ether oxygens (including phenoxy) is 1. The third kappa shape index (κ3) is 4.04. The van der Waals surface area contributed by atoms with Gasteiger partial charge in [0.05, 0.1) is 6.61 Å². The molecule has 16 heavy (non-hydrogen) atoms. The van der Waals surface area contributed by atoms with E-state index in [1.807, 2.05) is 13.0 Å². The third-order valence-electron chi connectivity index (χ3n) is 2.35. The van der Waals surface area contributed by atoms with Crippen LogP contribution in [-0.4, -0.2) is 23.6 Å². The predicted octanol–water partition coefficient (Wildman–Crippen LogP) is 2.64. The van der Waals surface area contributed by atoms with Gasteiger partial charge in [-0.25, -0.2) is 4.98 Å². The summed E-state index contributed by atoms with van der Waals surface area (Å²) in [5.74, 6) is 1.83. The second kappa shape index (κ2) is 6.30. The van der Waals surface area contributed by atoms with Gasteiger partial charge in [-0.1, -0.05) is 20.3 Å². The van der Waals surface area contributed by atoms with Crippen molar-refractivity contribution in [1.29, 1.82) is 0 Å². The summed E-state index contributed by atoms with van der Waals surface area (Å²) in [6, 6.07) is 1.86. The first-order valence-corrected chi connectivity index (χ1v) is 5.82. The van der Waals surface area contributed by atoms with Crippen LogP contribution in [0.2, 0.25) is 0 Å². The van der Waals surface area contributed by atoms with E-state index in [0.717, 1.165) is 5.69 Å². The highest BCUT2D eigenvalue weighted by molar-refractivity contribution is 5.29. The summed E-state index contributed by atoms with van der Waals surface area (Å²) in [6.45, 7) is 7.03. The molecule has 0 aliphatic rings.